The lowest BCUT2D eigenvalue weighted by Crippen LogP contribution is -2.39. The van der Waals surface area contributed by atoms with Gasteiger partial charge in [-0.05, 0) is 18.1 Å². The topological polar surface area (TPSA) is 67.1 Å². The van der Waals surface area contributed by atoms with Gasteiger partial charge in [-0.2, -0.15) is 0 Å². The highest BCUT2D eigenvalue weighted by molar-refractivity contribution is 5.79. The molecular weight excluding hydrogens is 319 g/mol. The van der Waals surface area contributed by atoms with Crippen LogP contribution in [0.25, 0.3) is 0 Å². The fraction of sp³-hybridized carbons (Fsp3) is 0.389. The van der Waals surface area contributed by atoms with Crippen molar-refractivity contribution < 1.29 is 4.39 Å². The Bertz CT molecular complexity index is 694. The molecule has 0 bridgehead atoms. The Morgan fingerprint density at radius 2 is 2.20 bits per heavy atom. The molecule has 0 aliphatic heterocycles. The Morgan fingerprint density at radius 1 is 1.36 bits per heavy atom. The van der Waals surface area contributed by atoms with E-state index < -0.39 is 0 Å². The van der Waals surface area contributed by atoms with Gasteiger partial charge in [-0.1, -0.05) is 31.2 Å². The fourth-order valence-electron chi connectivity index (χ4n) is 2.37. The molecular formula is C18H25FN6. The second-order valence-corrected chi connectivity index (χ2v) is 5.46. The first-order chi connectivity index (χ1) is 12.2. The number of nitrogens with one attached hydrogen (secondary N) is 2. The predicted octanol–water partition coefficient (Wildman–Crippen LogP) is 1.94. The molecule has 1 aromatic carbocycles. The van der Waals surface area contributed by atoms with Crippen LogP contribution in [0.4, 0.5) is 4.39 Å². The summed E-state index contributed by atoms with van der Waals surface area (Å²) in [7, 11) is 0. The first-order valence-corrected chi connectivity index (χ1v) is 8.47. The summed E-state index contributed by atoms with van der Waals surface area (Å²) < 4.78 is 15.7. The molecule has 0 unspecified atom stereocenters. The Morgan fingerprint density at radius 3 is 2.96 bits per heavy atom. The van der Waals surface area contributed by atoms with Crippen LogP contribution in [0.3, 0.4) is 0 Å². The van der Waals surface area contributed by atoms with Crippen molar-refractivity contribution in [2.24, 2.45) is 4.99 Å². The van der Waals surface area contributed by atoms with Gasteiger partial charge in [0.2, 0.25) is 0 Å². The number of aryl methyl sites for hydroxylation is 1. The van der Waals surface area contributed by atoms with E-state index in [0.29, 0.717) is 37.6 Å². The van der Waals surface area contributed by atoms with E-state index in [1.54, 1.807) is 24.5 Å². The van der Waals surface area contributed by atoms with Gasteiger partial charge in [0.05, 0.1) is 0 Å². The van der Waals surface area contributed by atoms with Crippen LogP contribution >= 0.6 is 0 Å². The van der Waals surface area contributed by atoms with E-state index in [1.807, 2.05) is 10.6 Å². The number of benzene rings is 1. The molecule has 2 N–H and O–H groups in total. The Kier molecular flexibility index (Phi) is 7.62. The van der Waals surface area contributed by atoms with Gasteiger partial charge < -0.3 is 15.2 Å². The summed E-state index contributed by atoms with van der Waals surface area (Å²) in [6.45, 7) is 8.30. The van der Waals surface area contributed by atoms with E-state index in [4.69, 9.17) is 0 Å². The van der Waals surface area contributed by atoms with Gasteiger partial charge in [-0.25, -0.2) is 4.39 Å². The van der Waals surface area contributed by atoms with Gasteiger partial charge in [-0.15, -0.1) is 16.8 Å². The zero-order chi connectivity index (χ0) is 17.9. The average Bonchev–Trinajstić information content (AvgIpc) is 3.08. The van der Waals surface area contributed by atoms with Gasteiger partial charge in [-0.3, -0.25) is 4.99 Å². The number of aromatic nitrogens is 3. The highest BCUT2D eigenvalue weighted by Crippen LogP contribution is 2.06. The molecule has 7 heteroatoms. The van der Waals surface area contributed by atoms with Crippen molar-refractivity contribution in [3.05, 3.63) is 60.5 Å². The monoisotopic (exact) mass is 344 g/mol. The zero-order valence-corrected chi connectivity index (χ0v) is 14.6. The van der Waals surface area contributed by atoms with Crippen LogP contribution in [0, 0.1) is 5.82 Å². The van der Waals surface area contributed by atoms with Crippen LogP contribution in [-0.4, -0.2) is 40.4 Å². The molecule has 0 spiro atoms. The summed E-state index contributed by atoms with van der Waals surface area (Å²) >= 11 is 0. The van der Waals surface area contributed by atoms with Crippen molar-refractivity contribution in [2.75, 3.05) is 19.6 Å². The van der Waals surface area contributed by atoms with Gasteiger partial charge in [0, 0.05) is 32.6 Å². The molecule has 0 fully saturated rings. The van der Waals surface area contributed by atoms with Crippen LogP contribution in [0.2, 0.25) is 0 Å². The van der Waals surface area contributed by atoms with Crippen LogP contribution in [0.5, 0.6) is 0 Å². The number of halogens is 1. The third kappa shape index (κ3) is 6.02. The van der Waals surface area contributed by atoms with Gasteiger partial charge in [0.15, 0.2) is 5.96 Å². The lowest BCUT2D eigenvalue weighted by Gasteiger charge is -2.12. The third-order valence-corrected chi connectivity index (χ3v) is 3.68. The number of guanidine groups is 1. The molecule has 1 aromatic heterocycles. The number of hydrogen-bond donors (Lipinski definition) is 2. The van der Waals surface area contributed by atoms with Crippen molar-refractivity contribution in [1.82, 2.24) is 25.4 Å². The highest BCUT2D eigenvalue weighted by Gasteiger charge is 2.03. The van der Waals surface area contributed by atoms with Gasteiger partial charge >= 0.3 is 0 Å². The number of hydrogen-bond acceptors (Lipinski definition) is 3. The molecule has 0 saturated heterocycles. The van der Waals surface area contributed by atoms with Gasteiger partial charge in [0.25, 0.3) is 0 Å². The quantitative estimate of drug-likeness (QED) is 0.414. The molecule has 1 heterocycles. The highest BCUT2D eigenvalue weighted by atomic mass is 19.1. The number of rotatable bonds is 9. The smallest absolute Gasteiger partial charge is 0.191 e. The van der Waals surface area contributed by atoms with Crippen molar-refractivity contribution in [3.63, 3.8) is 0 Å². The van der Waals surface area contributed by atoms with Crippen molar-refractivity contribution in [1.29, 1.82) is 0 Å². The van der Waals surface area contributed by atoms with Crippen LogP contribution in [0.15, 0.2) is 48.2 Å². The van der Waals surface area contributed by atoms with E-state index in [2.05, 4.69) is 39.3 Å². The summed E-state index contributed by atoms with van der Waals surface area (Å²) in [5.41, 5.74) is 0.673. The first-order valence-electron chi connectivity index (χ1n) is 8.47. The summed E-state index contributed by atoms with van der Waals surface area (Å²) in [6, 6.07) is 6.78. The zero-order valence-electron chi connectivity index (χ0n) is 14.6. The summed E-state index contributed by atoms with van der Waals surface area (Å²) in [5, 5.41) is 14.4. The number of nitrogens with zero attached hydrogens (tertiary/aromatic N) is 4. The van der Waals surface area contributed by atoms with E-state index in [9.17, 15) is 4.39 Å². The third-order valence-electron chi connectivity index (χ3n) is 3.68. The molecule has 2 rings (SSSR count). The maximum Gasteiger partial charge on any atom is 0.191 e. The molecule has 0 atom stereocenters. The lowest BCUT2D eigenvalue weighted by atomic mass is 10.1. The standard InChI is InChI=1S/C18H25FN6/c1-3-10-20-18(21-11-9-15-7-5-6-8-16(15)19)22-12-13-25-14-23-24-17(25)4-2/h3,5-8,14H,1,4,9-13H2,2H3,(H2,20,21,22). The van der Waals surface area contributed by atoms with Crippen molar-refractivity contribution in [2.45, 2.75) is 26.3 Å². The molecule has 25 heavy (non-hydrogen) atoms. The van der Waals surface area contributed by atoms with E-state index in [0.717, 1.165) is 18.8 Å². The molecule has 0 saturated carbocycles. The second-order valence-electron chi connectivity index (χ2n) is 5.46. The normalized spacial score (nSPS) is 11.4. The molecule has 0 radical (unpaired) electrons. The molecule has 2 aromatic rings. The average molecular weight is 344 g/mol. The maximum absolute atomic E-state index is 13.6. The van der Waals surface area contributed by atoms with E-state index in [-0.39, 0.29) is 5.82 Å². The maximum atomic E-state index is 13.6. The lowest BCUT2D eigenvalue weighted by molar-refractivity contribution is 0.609. The molecule has 0 aliphatic rings. The minimum Gasteiger partial charge on any atom is -0.355 e. The Hall–Kier alpha value is -2.70. The largest absolute Gasteiger partial charge is 0.355 e. The minimum atomic E-state index is -0.189. The Balaban J connectivity index is 1.86. The Labute approximate surface area is 147 Å². The van der Waals surface area contributed by atoms with Crippen molar-refractivity contribution >= 4 is 5.96 Å². The second kappa shape index (κ2) is 10.2. The molecule has 0 aliphatic carbocycles. The van der Waals surface area contributed by atoms with E-state index >= 15 is 0 Å². The predicted molar refractivity (Wildman–Crippen MR) is 98.0 cm³/mol. The number of aliphatic imine (C=N–C) groups is 1. The van der Waals surface area contributed by atoms with E-state index in [1.165, 1.54) is 6.07 Å². The van der Waals surface area contributed by atoms with Crippen LogP contribution < -0.4 is 10.6 Å². The molecule has 6 nitrogen and oxygen atoms in total. The minimum absolute atomic E-state index is 0.189. The van der Waals surface area contributed by atoms with Crippen LogP contribution in [-0.2, 0) is 19.4 Å². The summed E-state index contributed by atoms with van der Waals surface area (Å²) in [4.78, 5) is 4.50. The SMILES string of the molecule is C=CCNC(=NCCc1ccccc1F)NCCn1cnnc1CC. The summed E-state index contributed by atoms with van der Waals surface area (Å²) in [5.74, 6) is 1.45. The van der Waals surface area contributed by atoms with Crippen molar-refractivity contribution in [3.8, 4) is 0 Å². The molecule has 0 amide bonds. The van der Waals surface area contributed by atoms with Crippen LogP contribution in [0.1, 0.15) is 18.3 Å². The summed E-state index contributed by atoms with van der Waals surface area (Å²) in [6.07, 6.45) is 4.90. The fourth-order valence-corrected chi connectivity index (χ4v) is 2.37. The van der Waals surface area contributed by atoms with Gasteiger partial charge in [0.1, 0.15) is 18.0 Å². The first kappa shape index (κ1) is 18.6. The molecule has 134 valence electrons.